The van der Waals surface area contributed by atoms with E-state index in [9.17, 15) is 4.79 Å². The third kappa shape index (κ3) is 2.34. The maximum Gasteiger partial charge on any atom is 0.356 e. The van der Waals surface area contributed by atoms with Crippen LogP contribution in [0.2, 0.25) is 0 Å². The Hall–Kier alpha value is -1.75. The van der Waals surface area contributed by atoms with Crippen LogP contribution in [-0.2, 0) is 0 Å². The zero-order valence-corrected chi connectivity index (χ0v) is 10.4. The largest absolute Gasteiger partial charge is 0.476 e. The van der Waals surface area contributed by atoms with E-state index in [0.29, 0.717) is 0 Å². The standard InChI is InChI=1S/C12H12N2O2S/c1-8-6-11(12(15)16)13-14(8)9-4-3-5-10(7-9)17-2/h3-7H,1-2H3,(H,15,16). The molecule has 1 heterocycles. The van der Waals surface area contributed by atoms with Crippen molar-refractivity contribution in [1.82, 2.24) is 9.78 Å². The smallest absolute Gasteiger partial charge is 0.356 e. The van der Waals surface area contributed by atoms with Gasteiger partial charge in [-0.3, -0.25) is 0 Å². The molecule has 1 N–H and O–H groups in total. The number of hydrogen-bond acceptors (Lipinski definition) is 3. The molecule has 17 heavy (non-hydrogen) atoms. The molecule has 0 radical (unpaired) electrons. The molecule has 2 aromatic rings. The van der Waals surface area contributed by atoms with Crippen LogP contribution in [-0.4, -0.2) is 27.1 Å². The van der Waals surface area contributed by atoms with Gasteiger partial charge in [0.2, 0.25) is 0 Å². The summed E-state index contributed by atoms with van der Waals surface area (Å²) >= 11 is 1.64. The molecule has 0 unspecified atom stereocenters. The van der Waals surface area contributed by atoms with Crippen molar-refractivity contribution in [2.24, 2.45) is 0 Å². The van der Waals surface area contributed by atoms with Gasteiger partial charge in [-0.1, -0.05) is 6.07 Å². The third-order valence-electron chi connectivity index (χ3n) is 2.40. The van der Waals surface area contributed by atoms with Crippen LogP contribution in [0, 0.1) is 6.92 Å². The molecule has 0 aliphatic rings. The zero-order valence-electron chi connectivity index (χ0n) is 9.54. The molecule has 0 saturated heterocycles. The van der Waals surface area contributed by atoms with Crippen molar-refractivity contribution in [3.05, 3.63) is 41.7 Å². The van der Waals surface area contributed by atoms with E-state index in [1.807, 2.05) is 37.4 Å². The second kappa shape index (κ2) is 4.63. The first-order chi connectivity index (χ1) is 8.11. The van der Waals surface area contributed by atoms with Gasteiger partial charge in [0.05, 0.1) is 5.69 Å². The predicted molar refractivity (Wildman–Crippen MR) is 67.0 cm³/mol. The Morgan fingerprint density at radius 2 is 2.18 bits per heavy atom. The first-order valence-electron chi connectivity index (χ1n) is 5.06. The van der Waals surface area contributed by atoms with Crippen LogP contribution in [0.5, 0.6) is 0 Å². The van der Waals surface area contributed by atoms with Crippen LogP contribution in [0.25, 0.3) is 5.69 Å². The first-order valence-corrected chi connectivity index (χ1v) is 6.28. The molecule has 0 fully saturated rings. The molecule has 5 heteroatoms. The molecule has 1 aromatic heterocycles. The number of carbonyl (C=O) groups is 1. The number of aryl methyl sites for hydroxylation is 1. The van der Waals surface area contributed by atoms with Gasteiger partial charge in [0.25, 0.3) is 0 Å². The van der Waals surface area contributed by atoms with Crippen molar-refractivity contribution < 1.29 is 9.90 Å². The molecule has 0 saturated carbocycles. The zero-order chi connectivity index (χ0) is 12.4. The van der Waals surface area contributed by atoms with Crippen LogP contribution >= 0.6 is 11.8 Å². The van der Waals surface area contributed by atoms with Gasteiger partial charge >= 0.3 is 5.97 Å². The molecule has 0 aliphatic heterocycles. The number of aromatic carboxylic acids is 1. The van der Waals surface area contributed by atoms with Gasteiger partial charge < -0.3 is 5.11 Å². The molecule has 1 aromatic carbocycles. The Morgan fingerprint density at radius 1 is 1.41 bits per heavy atom. The Morgan fingerprint density at radius 3 is 2.76 bits per heavy atom. The Bertz CT molecular complexity index is 563. The number of carboxylic acids is 1. The summed E-state index contributed by atoms with van der Waals surface area (Å²) in [5, 5.41) is 13.0. The topological polar surface area (TPSA) is 55.1 Å². The molecule has 2 rings (SSSR count). The van der Waals surface area contributed by atoms with E-state index in [1.165, 1.54) is 0 Å². The summed E-state index contributed by atoms with van der Waals surface area (Å²) < 4.78 is 1.64. The molecule has 0 spiro atoms. The molecule has 0 bridgehead atoms. The van der Waals surface area contributed by atoms with Gasteiger partial charge in [-0.15, -0.1) is 11.8 Å². The Labute approximate surface area is 103 Å². The van der Waals surface area contributed by atoms with Crippen molar-refractivity contribution in [3.8, 4) is 5.69 Å². The van der Waals surface area contributed by atoms with Crippen LogP contribution < -0.4 is 0 Å². The minimum Gasteiger partial charge on any atom is -0.476 e. The Kier molecular flexibility index (Phi) is 3.19. The number of aromatic nitrogens is 2. The van der Waals surface area contributed by atoms with Gasteiger partial charge in [0.15, 0.2) is 5.69 Å². The highest BCUT2D eigenvalue weighted by atomic mass is 32.2. The lowest BCUT2D eigenvalue weighted by Crippen LogP contribution is -2.02. The SMILES string of the molecule is CSc1cccc(-n2nc(C(=O)O)cc2C)c1. The van der Waals surface area contributed by atoms with Gasteiger partial charge in [-0.25, -0.2) is 9.48 Å². The van der Waals surface area contributed by atoms with Crippen molar-refractivity contribution in [2.75, 3.05) is 6.26 Å². The maximum absolute atomic E-state index is 10.8. The van der Waals surface area contributed by atoms with E-state index in [0.717, 1.165) is 16.3 Å². The second-order valence-electron chi connectivity index (χ2n) is 3.59. The van der Waals surface area contributed by atoms with E-state index in [2.05, 4.69) is 5.10 Å². The van der Waals surface area contributed by atoms with Crippen LogP contribution in [0.1, 0.15) is 16.2 Å². The number of nitrogens with zero attached hydrogens (tertiary/aromatic N) is 2. The summed E-state index contributed by atoms with van der Waals surface area (Å²) in [6.07, 6.45) is 2.00. The fourth-order valence-corrected chi connectivity index (χ4v) is 2.04. The van der Waals surface area contributed by atoms with Crippen LogP contribution in [0.15, 0.2) is 35.2 Å². The summed E-state index contributed by atoms with van der Waals surface area (Å²) in [5.41, 5.74) is 1.75. The monoisotopic (exact) mass is 248 g/mol. The molecule has 0 aliphatic carbocycles. The van der Waals surface area contributed by atoms with Gasteiger partial charge in [0.1, 0.15) is 0 Å². The lowest BCUT2D eigenvalue weighted by atomic mass is 10.3. The molecular formula is C12H12N2O2S. The van der Waals surface area contributed by atoms with E-state index in [4.69, 9.17) is 5.11 Å². The summed E-state index contributed by atoms with van der Waals surface area (Å²) in [6, 6.07) is 9.39. The number of rotatable bonds is 3. The quantitative estimate of drug-likeness (QED) is 0.848. The fraction of sp³-hybridized carbons (Fsp3) is 0.167. The van der Waals surface area contributed by atoms with Crippen molar-refractivity contribution in [3.63, 3.8) is 0 Å². The van der Waals surface area contributed by atoms with Crippen molar-refractivity contribution in [1.29, 1.82) is 0 Å². The lowest BCUT2D eigenvalue weighted by Gasteiger charge is -2.05. The highest BCUT2D eigenvalue weighted by molar-refractivity contribution is 7.98. The highest BCUT2D eigenvalue weighted by Gasteiger charge is 2.11. The molecule has 0 amide bonds. The van der Waals surface area contributed by atoms with E-state index in [1.54, 1.807) is 22.5 Å². The minimum absolute atomic E-state index is 0.0667. The van der Waals surface area contributed by atoms with Gasteiger partial charge in [0, 0.05) is 10.6 Å². The average molecular weight is 248 g/mol. The van der Waals surface area contributed by atoms with E-state index < -0.39 is 5.97 Å². The molecular weight excluding hydrogens is 236 g/mol. The normalized spacial score (nSPS) is 10.5. The minimum atomic E-state index is -1.01. The van der Waals surface area contributed by atoms with Crippen LogP contribution in [0.3, 0.4) is 0 Å². The first kappa shape index (κ1) is 11.7. The highest BCUT2D eigenvalue weighted by Crippen LogP contribution is 2.19. The summed E-state index contributed by atoms with van der Waals surface area (Å²) in [6.45, 7) is 1.84. The van der Waals surface area contributed by atoms with Gasteiger partial charge in [-0.05, 0) is 37.4 Å². The molecule has 88 valence electrons. The van der Waals surface area contributed by atoms with Crippen LogP contribution in [0.4, 0.5) is 0 Å². The predicted octanol–water partition coefficient (Wildman–Crippen LogP) is 2.60. The number of benzene rings is 1. The summed E-state index contributed by atoms with van der Waals surface area (Å²) in [7, 11) is 0. The fourth-order valence-electron chi connectivity index (χ4n) is 1.58. The third-order valence-corrected chi connectivity index (χ3v) is 3.13. The maximum atomic E-state index is 10.8. The Balaban J connectivity index is 2.48. The van der Waals surface area contributed by atoms with E-state index >= 15 is 0 Å². The second-order valence-corrected chi connectivity index (χ2v) is 4.47. The van der Waals surface area contributed by atoms with Gasteiger partial charge in [-0.2, -0.15) is 5.10 Å². The summed E-state index contributed by atoms with van der Waals surface area (Å²) in [4.78, 5) is 12.0. The number of thioether (sulfide) groups is 1. The number of carboxylic acid groups (broad SMARTS) is 1. The molecule has 0 atom stereocenters. The van der Waals surface area contributed by atoms with Crippen molar-refractivity contribution in [2.45, 2.75) is 11.8 Å². The van der Waals surface area contributed by atoms with E-state index in [-0.39, 0.29) is 5.69 Å². The lowest BCUT2D eigenvalue weighted by molar-refractivity contribution is 0.0690. The number of hydrogen-bond donors (Lipinski definition) is 1. The molecule has 4 nitrogen and oxygen atoms in total. The van der Waals surface area contributed by atoms with Crippen molar-refractivity contribution >= 4 is 17.7 Å². The average Bonchev–Trinajstić information content (AvgIpc) is 2.72. The summed E-state index contributed by atoms with van der Waals surface area (Å²) in [5.74, 6) is -1.01.